The Kier molecular flexibility index (Phi) is 4.26. The summed E-state index contributed by atoms with van der Waals surface area (Å²) in [5.74, 6) is 0. The number of halogens is 2. The van der Waals surface area contributed by atoms with Crippen LogP contribution in [-0.4, -0.2) is 36.0 Å². The van der Waals surface area contributed by atoms with Gasteiger partial charge in [-0.2, -0.15) is 0 Å². The average Bonchev–Trinajstić information content (AvgIpc) is 2.01. The van der Waals surface area contributed by atoms with Gasteiger partial charge in [-0.3, -0.25) is 4.90 Å². The van der Waals surface area contributed by atoms with Crippen molar-refractivity contribution in [3.8, 4) is 0 Å². The first-order valence-corrected chi connectivity index (χ1v) is 5.30. The lowest BCUT2D eigenvalue weighted by molar-refractivity contribution is 0.0502. The molecule has 1 fully saturated rings. The lowest BCUT2D eigenvalue weighted by Crippen LogP contribution is -2.49. The summed E-state index contributed by atoms with van der Waals surface area (Å²) in [4.78, 5) is 2.15. The molecule has 0 amide bonds. The van der Waals surface area contributed by atoms with E-state index in [1.54, 1.807) is 0 Å². The Hall–Kier alpha value is -0.220. The van der Waals surface area contributed by atoms with Crippen LogP contribution in [0.15, 0.2) is 0 Å². The van der Waals surface area contributed by atoms with Crippen molar-refractivity contribution in [3.63, 3.8) is 0 Å². The number of nitrogens with two attached hydrogens (primary N) is 1. The Labute approximate surface area is 84.4 Å². The van der Waals surface area contributed by atoms with Gasteiger partial charge in [0.05, 0.1) is 0 Å². The fraction of sp³-hybridized carbons (Fsp3) is 1.00. The van der Waals surface area contributed by atoms with E-state index < -0.39 is 6.43 Å². The molecule has 2 nitrogen and oxygen atoms in total. The van der Waals surface area contributed by atoms with Crippen LogP contribution in [0.4, 0.5) is 8.78 Å². The second-order valence-corrected chi connectivity index (χ2v) is 4.35. The van der Waals surface area contributed by atoms with Gasteiger partial charge in [-0.05, 0) is 26.7 Å². The van der Waals surface area contributed by atoms with E-state index in [-0.39, 0.29) is 18.5 Å². The highest BCUT2D eigenvalue weighted by molar-refractivity contribution is 4.83. The van der Waals surface area contributed by atoms with Crippen molar-refractivity contribution in [2.75, 3.05) is 6.54 Å². The Bertz CT molecular complexity index is 176. The first-order valence-electron chi connectivity index (χ1n) is 5.30. The predicted octanol–water partition coefficient (Wildman–Crippen LogP) is 1.84. The van der Waals surface area contributed by atoms with Gasteiger partial charge in [-0.15, -0.1) is 0 Å². The molecule has 0 aromatic heterocycles. The summed E-state index contributed by atoms with van der Waals surface area (Å²) in [6.45, 7) is 4.80. The molecule has 1 rings (SSSR count). The quantitative estimate of drug-likeness (QED) is 0.763. The Morgan fingerprint density at radius 1 is 1.50 bits per heavy atom. The average molecular weight is 206 g/mol. The highest BCUT2D eigenvalue weighted by Gasteiger charge is 2.27. The van der Waals surface area contributed by atoms with Crippen LogP contribution in [0.5, 0.6) is 0 Å². The van der Waals surface area contributed by atoms with Crippen LogP contribution in [0.2, 0.25) is 0 Å². The zero-order valence-corrected chi connectivity index (χ0v) is 8.92. The second-order valence-electron chi connectivity index (χ2n) is 4.35. The number of likely N-dealkylation sites (tertiary alicyclic amines) is 1. The van der Waals surface area contributed by atoms with Crippen LogP contribution in [0.1, 0.15) is 33.1 Å². The van der Waals surface area contributed by atoms with E-state index >= 15 is 0 Å². The van der Waals surface area contributed by atoms with Crippen molar-refractivity contribution in [2.45, 2.75) is 57.7 Å². The predicted molar refractivity (Wildman–Crippen MR) is 53.5 cm³/mol. The molecule has 1 heterocycles. The van der Waals surface area contributed by atoms with Crippen molar-refractivity contribution in [1.29, 1.82) is 0 Å². The number of hydrogen-bond donors (Lipinski definition) is 1. The van der Waals surface area contributed by atoms with Crippen molar-refractivity contribution >= 4 is 0 Å². The van der Waals surface area contributed by atoms with Gasteiger partial charge in [0.2, 0.25) is 6.43 Å². The molecular formula is C10H20F2N2. The first-order chi connectivity index (χ1) is 6.50. The lowest BCUT2D eigenvalue weighted by Gasteiger charge is -2.40. The lowest BCUT2D eigenvalue weighted by atomic mass is 9.97. The van der Waals surface area contributed by atoms with Gasteiger partial charge < -0.3 is 5.73 Å². The van der Waals surface area contributed by atoms with E-state index in [0.29, 0.717) is 6.04 Å². The Morgan fingerprint density at radius 3 is 2.64 bits per heavy atom. The van der Waals surface area contributed by atoms with Gasteiger partial charge in [-0.1, -0.05) is 0 Å². The fourth-order valence-electron chi connectivity index (χ4n) is 2.27. The first kappa shape index (κ1) is 11.9. The summed E-state index contributed by atoms with van der Waals surface area (Å²) < 4.78 is 24.4. The summed E-state index contributed by atoms with van der Waals surface area (Å²) >= 11 is 0. The molecule has 0 aromatic rings. The third-order valence-electron chi connectivity index (χ3n) is 3.05. The largest absolute Gasteiger partial charge is 0.328 e. The molecule has 3 atom stereocenters. The molecule has 0 bridgehead atoms. The molecule has 2 N–H and O–H groups in total. The molecule has 4 heteroatoms. The van der Waals surface area contributed by atoms with Crippen LogP contribution >= 0.6 is 0 Å². The molecule has 1 saturated heterocycles. The number of piperidine rings is 1. The molecular weight excluding hydrogens is 186 g/mol. The van der Waals surface area contributed by atoms with Crippen LogP contribution in [0.25, 0.3) is 0 Å². The molecule has 84 valence electrons. The Morgan fingerprint density at radius 2 is 2.14 bits per heavy atom. The van der Waals surface area contributed by atoms with E-state index in [2.05, 4.69) is 11.8 Å². The van der Waals surface area contributed by atoms with E-state index in [0.717, 1.165) is 19.4 Å². The van der Waals surface area contributed by atoms with Gasteiger partial charge >= 0.3 is 0 Å². The van der Waals surface area contributed by atoms with Gasteiger partial charge in [0.1, 0.15) is 0 Å². The number of nitrogens with zero attached hydrogens (tertiary/aromatic N) is 1. The maximum absolute atomic E-state index is 12.2. The fourth-order valence-corrected chi connectivity index (χ4v) is 2.27. The summed E-state index contributed by atoms with van der Waals surface area (Å²) in [6, 6.07) is 0.560. The number of rotatable bonds is 3. The topological polar surface area (TPSA) is 29.3 Å². The summed E-state index contributed by atoms with van der Waals surface area (Å²) in [5.41, 5.74) is 5.81. The van der Waals surface area contributed by atoms with Crippen LogP contribution in [0.3, 0.4) is 0 Å². The van der Waals surface area contributed by atoms with Crippen molar-refractivity contribution in [3.05, 3.63) is 0 Å². The van der Waals surface area contributed by atoms with Gasteiger partial charge in [0.25, 0.3) is 0 Å². The normalized spacial score (nSPS) is 32.1. The monoisotopic (exact) mass is 206 g/mol. The third kappa shape index (κ3) is 3.17. The van der Waals surface area contributed by atoms with Crippen molar-refractivity contribution in [1.82, 2.24) is 4.90 Å². The zero-order chi connectivity index (χ0) is 10.7. The standard InChI is InChI=1S/C10H20F2N2/c1-7-5-9(13)3-4-14(7)8(2)6-10(11)12/h7-10H,3-6,13H2,1-2H3. The molecule has 0 saturated carbocycles. The number of hydrogen-bond acceptors (Lipinski definition) is 2. The van der Waals surface area contributed by atoms with Crippen LogP contribution in [0, 0.1) is 0 Å². The molecule has 0 aromatic carbocycles. The highest BCUT2D eigenvalue weighted by atomic mass is 19.3. The van der Waals surface area contributed by atoms with E-state index in [1.807, 2.05) is 6.92 Å². The van der Waals surface area contributed by atoms with Crippen LogP contribution in [-0.2, 0) is 0 Å². The van der Waals surface area contributed by atoms with E-state index in [9.17, 15) is 8.78 Å². The van der Waals surface area contributed by atoms with Crippen molar-refractivity contribution in [2.24, 2.45) is 5.73 Å². The van der Waals surface area contributed by atoms with Gasteiger partial charge in [0.15, 0.2) is 0 Å². The van der Waals surface area contributed by atoms with Gasteiger partial charge in [0, 0.05) is 31.1 Å². The molecule has 14 heavy (non-hydrogen) atoms. The molecule has 1 aliphatic rings. The number of alkyl halides is 2. The smallest absolute Gasteiger partial charge is 0.240 e. The molecule has 0 spiro atoms. The van der Waals surface area contributed by atoms with Crippen LogP contribution < -0.4 is 5.73 Å². The SMILES string of the molecule is CC(CC(F)F)N1CCC(N)CC1C. The summed E-state index contributed by atoms with van der Waals surface area (Å²) in [6.07, 6.45) is -0.377. The summed E-state index contributed by atoms with van der Waals surface area (Å²) in [5, 5.41) is 0. The maximum Gasteiger partial charge on any atom is 0.240 e. The molecule has 0 aliphatic carbocycles. The highest BCUT2D eigenvalue weighted by Crippen LogP contribution is 2.21. The molecule has 3 unspecified atom stereocenters. The molecule has 1 aliphatic heterocycles. The minimum atomic E-state index is -2.20. The third-order valence-corrected chi connectivity index (χ3v) is 3.05. The maximum atomic E-state index is 12.2. The van der Waals surface area contributed by atoms with E-state index in [4.69, 9.17) is 5.73 Å². The van der Waals surface area contributed by atoms with Crippen molar-refractivity contribution < 1.29 is 8.78 Å². The zero-order valence-electron chi connectivity index (χ0n) is 8.92. The minimum Gasteiger partial charge on any atom is -0.328 e. The Balaban J connectivity index is 2.43. The molecule has 0 radical (unpaired) electrons. The second kappa shape index (κ2) is 5.03. The van der Waals surface area contributed by atoms with Gasteiger partial charge in [-0.25, -0.2) is 8.78 Å². The summed E-state index contributed by atoms with van der Waals surface area (Å²) in [7, 11) is 0. The van der Waals surface area contributed by atoms with E-state index in [1.165, 1.54) is 0 Å². The minimum absolute atomic E-state index is 0.0282.